The van der Waals surface area contributed by atoms with Crippen LogP contribution in [0, 0.1) is 0 Å². The normalized spacial score (nSPS) is 10.5. The fourth-order valence-corrected chi connectivity index (χ4v) is 1.97. The van der Waals surface area contributed by atoms with Gasteiger partial charge in [-0.1, -0.05) is 11.6 Å². The Hall–Kier alpha value is -2.59. The number of ketones is 1. The summed E-state index contributed by atoms with van der Waals surface area (Å²) in [4.78, 5) is 23.5. The van der Waals surface area contributed by atoms with Crippen molar-refractivity contribution in [3.8, 4) is 0 Å². The van der Waals surface area contributed by atoms with E-state index in [1.54, 1.807) is 61.7 Å². The first-order chi connectivity index (χ1) is 11.1. The molecule has 0 aliphatic heterocycles. The van der Waals surface area contributed by atoms with Crippen molar-refractivity contribution in [3.05, 3.63) is 77.0 Å². The van der Waals surface area contributed by atoms with Crippen molar-refractivity contribution in [2.45, 2.75) is 6.92 Å². The van der Waals surface area contributed by atoms with Crippen LogP contribution in [-0.4, -0.2) is 18.4 Å². The van der Waals surface area contributed by atoms with Crippen LogP contribution < -0.4 is 5.32 Å². The predicted octanol–water partition coefficient (Wildman–Crippen LogP) is 4.33. The van der Waals surface area contributed by atoms with Gasteiger partial charge in [-0.2, -0.15) is 0 Å². The summed E-state index contributed by atoms with van der Waals surface area (Å²) in [5.74, 6) is -0.482. The Morgan fingerprint density at radius 3 is 2.26 bits per heavy atom. The zero-order chi connectivity index (χ0) is 16.7. The van der Waals surface area contributed by atoms with Crippen LogP contribution in [0.1, 0.15) is 27.6 Å². The standard InChI is InChI=1S/C18H16ClNO3/c1-2-23-18(22)14-5-9-16(10-6-14)20-12-11-17(21)13-3-7-15(19)8-4-13/h3-12,20H,2H2,1H3/b12-11+. The molecule has 4 nitrogen and oxygen atoms in total. The summed E-state index contributed by atoms with van der Waals surface area (Å²) < 4.78 is 4.91. The second kappa shape index (κ2) is 8.15. The fraction of sp³-hybridized carbons (Fsp3) is 0.111. The molecule has 0 fully saturated rings. The van der Waals surface area contributed by atoms with Gasteiger partial charge in [-0.3, -0.25) is 4.79 Å². The number of carbonyl (C=O) groups is 2. The van der Waals surface area contributed by atoms with Gasteiger partial charge in [-0.25, -0.2) is 4.79 Å². The van der Waals surface area contributed by atoms with Crippen LogP contribution in [0.5, 0.6) is 0 Å². The van der Waals surface area contributed by atoms with Gasteiger partial charge in [-0.05, 0) is 55.5 Å². The highest BCUT2D eigenvalue weighted by Gasteiger charge is 2.05. The molecule has 0 radical (unpaired) electrons. The Morgan fingerprint density at radius 1 is 1.04 bits per heavy atom. The van der Waals surface area contributed by atoms with E-state index in [-0.39, 0.29) is 11.8 Å². The molecule has 23 heavy (non-hydrogen) atoms. The van der Waals surface area contributed by atoms with E-state index in [1.807, 2.05) is 0 Å². The highest BCUT2D eigenvalue weighted by Crippen LogP contribution is 2.12. The first-order valence-corrected chi connectivity index (χ1v) is 7.48. The van der Waals surface area contributed by atoms with Gasteiger partial charge in [-0.15, -0.1) is 0 Å². The van der Waals surface area contributed by atoms with Gasteiger partial charge in [0.1, 0.15) is 0 Å². The topological polar surface area (TPSA) is 55.4 Å². The molecule has 2 aromatic rings. The molecule has 0 saturated heterocycles. The van der Waals surface area contributed by atoms with Gasteiger partial charge < -0.3 is 10.1 Å². The number of nitrogens with one attached hydrogen (secondary N) is 1. The van der Waals surface area contributed by atoms with E-state index >= 15 is 0 Å². The fourth-order valence-electron chi connectivity index (χ4n) is 1.84. The van der Waals surface area contributed by atoms with Gasteiger partial charge in [0.25, 0.3) is 0 Å². The zero-order valence-electron chi connectivity index (χ0n) is 12.6. The van der Waals surface area contributed by atoms with Crippen LogP contribution in [0.2, 0.25) is 5.02 Å². The molecular formula is C18H16ClNO3. The summed E-state index contributed by atoms with van der Waals surface area (Å²) in [5, 5.41) is 3.56. The Labute approximate surface area is 139 Å². The third kappa shape index (κ3) is 4.97. The van der Waals surface area contributed by atoms with Crippen molar-refractivity contribution in [1.29, 1.82) is 0 Å². The minimum absolute atomic E-state index is 0.127. The maximum absolute atomic E-state index is 11.9. The number of hydrogen-bond donors (Lipinski definition) is 1. The van der Waals surface area contributed by atoms with Crippen LogP contribution in [0.25, 0.3) is 0 Å². The SMILES string of the molecule is CCOC(=O)c1ccc(N/C=C/C(=O)c2ccc(Cl)cc2)cc1. The smallest absolute Gasteiger partial charge is 0.338 e. The number of allylic oxidation sites excluding steroid dienone is 1. The molecule has 2 rings (SSSR count). The molecule has 0 unspecified atom stereocenters. The number of halogens is 1. The molecule has 0 aliphatic carbocycles. The van der Waals surface area contributed by atoms with E-state index in [9.17, 15) is 9.59 Å². The number of carbonyl (C=O) groups excluding carboxylic acids is 2. The molecule has 0 aliphatic rings. The monoisotopic (exact) mass is 329 g/mol. The molecule has 2 aromatic carbocycles. The largest absolute Gasteiger partial charge is 0.462 e. The van der Waals surface area contributed by atoms with Crippen molar-refractivity contribution in [3.63, 3.8) is 0 Å². The highest BCUT2D eigenvalue weighted by atomic mass is 35.5. The molecule has 0 amide bonds. The third-order valence-corrected chi connectivity index (χ3v) is 3.26. The maximum Gasteiger partial charge on any atom is 0.338 e. The first kappa shape index (κ1) is 16.8. The van der Waals surface area contributed by atoms with Crippen molar-refractivity contribution >= 4 is 29.0 Å². The average molecular weight is 330 g/mol. The molecule has 0 saturated carbocycles. The van der Waals surface area contributed by atoms with Gasteiger partial charge in [0.15, 0.2) is 5.78 Å². The molecule has 0 spiro atoms. The van der Waals surface area contributed by atoms with Gasteiger partial charge in [0.2, 0.25) is 0 Å². The van der Waals surface area contributed by atoms with Gasteiger partial charge in [0, 0.05) is 28.5 Å². The lowest BCUT2D eigenvalue weighted by Crippen LogP contribution is -2.04. The van der Waals surface area contributed by atoms with E-state index in [0.717, 1.165) is 5.69 Å². The molecule has 0 heterocycles. The van der Waals surface area contributed by atoms with Crippen molar-refractivity contribution in [2.24, 2.45) is 0 Å². The Morgan fingerprint density at radius 2 is 1.65 bits per heavy atom. The van der Waals surface area contributed by atoms with Crippen molar-refractivity contribution < 1.29 is 14.3 Å². The van der Waals surface area contributed by atoms with Crippen LogP contribution in [0.4, 0.5) is 5.69 Å². The van der Waals surface area contributed by atoms with E-state index in [0.29, 0.717) is 22.8 Å². The van der Waals surface area contributed by atoms with Crippen LogP contribution in [-0.2, 0) is 4.74 Å². The molecule has 5 heteroatoms. The summed E-state index contributed by atoms with van der Waals surface area (Å²) in [6.45, 7) is 2.10. The lowest BCUT2D eigenvalue weighted by atomic mass is 10.1. The number of hydrogen-bond acceptors (Lipinski definition) is 4. The number of anilines is 1. The zero-order valence-corrected chi connectivity index (χ0v) is 13.3. The summed E-state index contributed by atoms with van der Waals surface area (Å²) >= 11 is 5.78. The summed E-state index contributed by atoms with van der Waals surface area (Å²) in [6, 6.07) is 13.5. The molecular weight excluding hydrogens is 314 g/mol. The molecule has 0 atom stereocenters. The second-order valence-corrected chi connectivity index (χ2v) is 5.08. The number of esters is 1. The number of rotatable bonds is 6. The summed E-state index contributed by atoms with van der Waals surface area (Å²) in [5.41, 5.74) is 1.81. The van der Waals surface area contributed by atoms with E-state index in [2.05, 4.69) is 5.32 Å². The molecule has 0 aromatic heterocycles. The average Bonchev–Trinajstić information content (AvgIpc) is 2.56. The molecule has 0 bridgehead atoms. The summed E-state index contributed by atoms with van der Waals surface area (Å²) in [6.07, 6.45) is 2.98. The van der Waals surface area contributed by atoms with Gasteiger partial charge >= 0.3 is 5.97 Å². The minimum Gasteiger partial charge on any atom is -0.462 e. The molecule has 118 valence electrons. The predicted molar refractivity (Wildman–Crippen MR) is 90.9 cm³/mol. The lowest BCUT2D eigenvalue weighted by molar-refractivity contribution is 0.0526. The van der Waals surface area contributed by atoms with Crippen molar-refractivity contribution in [1.82, 2.24) is 0 Å². The second-order valence-electron chi connectivity index (χ2n) is 4.65. The van der Waals surface area contributed by atoms with Crippen molar-refractivity contribution in [2.75, 3.05) is 11.9 Å². The van der Waals surface area contributed by atoms with Crippen LogP contribution in [0.15, 0.2) is 60.8 Å². The van der Waals surface area contributed by atoms with Crippen LogP contribution in [0.3, 0.4) is 0 Å². The maximum atomic E-state index is 11.9. The third-order valence-electron chi connectivity index (χ3n) is 3.01. The van der Waals surface area contributed by atoms with Gasteiger partial charge in [0.05, 0.1) is 12.2 Å². The Balaban J connectivity index is 1.93. The number of ether oxygens (including phenoxy) is 1. The minimum atomic E-state index is -0.354. The quantitative estimate of drug-likeness (QED) is 0.487. The lowest BCUT2D eigenvalue weighted by Gasteiger charge is -2.04. The van der Waals surface area contributed by atoms with Crippen LogP contribution >= 0.6 is 11.6 Å². The first-order valence-electron chi connectivity index (χ1n) is 7.10. The van der Waals surface area contributed by atoms with E-state index in [4.69, 9.17) is 16.3 Å². The number of benzene rings is 2. The highest BCUT2D eigenvalue weighted by molar-refractivity contribution is 6.30. The van der Waals surface area contributed by atoms with E-state index in [1.165, 1.54) is 6.08 Å². The summed E-state index contributed by atoms with van der Waals surface area (Å²) in [7, 11) is 0. The Bertz CT molecular complexity index is 706. The molecule has 1 N–H and O–H groups in total. The van der Waals surface area contributed by atoms with E-state index < -0.39 is 0 Å². The Kier molecular flexibility index (Phi) is 5.94.